The van der Waals surface area contributed by atoms with Crippen LogP contribution in [0.2, 0.25) is 0 Å². The fourth-order valence-corrected chi connectivity index (χ4v) is 5.04. The van der Waals surface area contributed by atoms with Gasteiger partial charge in [0.15, 0.2) is 0 Å². The Bertz CT molecular complexity index is 1230. The van der Waals surface area contributed by atoms with Crippen LogP contribution in [0, 0.1) is 5.92 Å². The van der Waals surface area contributed by atoms with Crippen molar-refractivity contribution in [1.82, 2.24) is 20.4 Å². The molecule has 0 aliphatic carbocycles. The molecule has 10 heteroatoms. The number of amides is 2. The van der Waals surface area contributed by atoms with Crippen molar-refractivity contribution in [2.75, 3.05) is 31.6 Å². The molecular weight excluding hydrogens is 538 g/mol. The number of rotatable bonds is 8. The SMILES string of the molecule is O=C(NCC1CCCO1)c1ccccc1NC(=O)C1CCCN(Cc2nc(-c3ccc(Br)cc3)no2)C1. The second-order valence-corrected chi connectivity index (χ2v) is 10.4. The summed E-state index contributed by atoms with van der Waals surface area (Å²) in [5.41, 5.74) is 1.85. The van der Waals surface area contributed by atoms with Crippen molar-refractivity contribution in [3.8, 4) is 11.4 Å². The van der Waals surface area contributed by atoms with E-state index in [0.717, 1.165) is 48.9 Å². The third-order valence-electron chi connectivity index (χ3n) is 6.75. The number of hydrogen-bond donors (Lipinski definition) is 2. The third kappa shape index (κ3) is 6.63. The van der Waals surface area contributed by atoms with E-state index in [9.17, 15) is 9.59 Å². The van der Waals surface area contributed by atoms with Gasteiger partial charge in [-0.05, 0) is 68.6 Å². The molecule has 2 aliphatic heterocycles. The number of carbonyl (C=O) groups is 2. The van der Waals surface area contributed by atoms with Crippen LogP contribution in [0.4, 0.5) is 5.69 Å². The van der Waals surface area contributed by atoms with Gasteiger partial charge in [0.25, 0.3) is 5.91 Å². The van der Waals surface area contributed by atoms with Gasteiger partial charge in [-0.15, -0.1) is 0 Å². The molecule has 2 N–H and O–H groups in total. The minimum atomic E-state index is -0.213. The standard InChI is InChI=1S/C27H30BrN5O4/c28-20-11-9-18(10-12-20)25-31-24(37-32-25)17-33-13-3-5-19(16-33)26(34)30-23-8-2-1-7-22(23)27(35)29-15-21-6-4-14-36-21/h1-2,7-12,19,21H,3-6,13-17H2,(H,29,35)(H,30,34). The predicted molar refractivity (Wildman–Crippen MR) is 142 cm³/mol. The zero-order valence-corrected chi connectivity index (χ0v) is 22.1. The van der Waals surface area contributed by atoms with Crippen molar-refractivity contribution < 1.29 is 18.8 Å². The monoisotopic (exact) mass is 567 g/mol. The van der Waals surface area contributed by atoms with Crippen molar-refractivity contribution in [1.29, 1.82) is 0 Å². The molecule has 3 heterocycles. The average molecular weight is 568 g/mol. The van der Waals surface area contributed by atoms with Gasteiger partial charge in [0.05, 0.1) is 29.8 Å². The predicted octanol–water partition coefficient (Wildman–Crippen LogP) is 4.26. The van der Waals surface area contributed by atoms with Gasteiger partial charge in [0.1, 0.15) is 0 Å². The summed E-state index contributed by atoms with van der Waals surface area (Å²) in [7, 11) is 0. The number of para-hydroxylation sites is 1. The van der Waals surface area contributed by atoms with E-state index in [0.29, 0.717) is 42.6 Å². The molecule has 2 saturated heterocycles. The van der Waals surface area contributed by atoms with Crippen LogP contribution in [0.3, 0.4) is 0 Å². The summed E-state index contributed by atoms with van der Waals surface area (Å²) >= 11 is 3.43. The van der Waals surface area contributed by atoms with E-state index < -0.39 is 0 Å². The molecule has 1 aromatic heterocycles. The first-order chi connectivity index (χ1) is 18.0. The Labute approximate surface area is 224 Å². The molecule has 3 aromatic rings. The highest BCUT2D eigenvalue weighted by molar-refractivity contribution is 9.10. The number of nitrogens with zero attached hydrogens (tertiary/aromatic N) is 3. The van der Waals surface area contributed by atoms with E-state index in [2.05, 4.69) is 41.6 Å². The van der Waals surface area contributed by atoms with E-state index in [4.69, 9.17) is 9.26 Å². The Morgan fingerprint density at radius 3 is 2.73 bits per heavy atom. The maximum atomic E-state index is 13.2. The van der Waals surface area contributed by atoms with Crippen LogP contribution in [-0.2, 0) is 16.1 Å². The molecule has 194 valence electrons. The van der Waals surface area contributed by atoms with E-state index in [1.807, 2.05) is 30.3 Å². The number of aromatic nitrogens is 2. The minimum absolute atomic E-state index is 0.0590. The summed E-state index contributed by atoms with van der Waals surface area (Å²) in [4.78, 5) is 32.7. The molecule has 2 atom stereocenters. The molecule has 37 heavy (non-hydrogen) atoms. The van der Waals surface area contributed by atoms with Crippen LogP contribution in [0.15, 0.2) is 57.5 Å². The lowest BCUT2D eigenvalue weighted by Gasteiger charge is -2.31. The van der Waals surface area contributed by atoms with Crippen LogP contribution >= 0.6 is 15.9 Å². The molecule has 0 saturated carbocycles. The minimum Gasteiger partial charge on any atom is -0.376 e. The first kappa shape index (κ1) is 25.6. The lowest BCUT2D eigenvalue weighted by atomic mass is 9.96. The van der Waals surface area contributed by atoms with Crippen molar-refractivity contribution in [3.05, 3.63) is 64.5 Å². The highest BCUT2D eigenvalue weighted by Crippen LogP contribution is 2.24. The molecular formula is C27H30BrN5O4. The largest absolute Gasteiger partial charge is 0.376 e. The summed E-state index contributed by atoms with van der Waals surface area (Å²) < 4.78 is 12.1. The van der Waals surface area contributed by atoms with Gasteiger partial charge < -0.3 is 19.9 Å². The molecule has 5 rings (SSSR count). The number of anilines is 1. The number of hydrogen-bond acceptors (Lipinski definition) is 7. The van der Waals surface area contributed by atoms with Crippen molar-refractivity contribution >= 4 is 33.4 Å². The Morgan fingerprint density at radius 1 is 1.08 bits per heavy atom. The van der Waals surface area contributed by atoms with Gasteiger partial charge in [0, 0.05) is 29.7 Å². The number of nitrogens with one attached hydrogen (secondary N) is 2. The lowest BCUT2D eigenvalue weighted by molar-refractivity contribution is -0.121. The van der Waals surface area contributed by atoms with Crippen LogP contribution in [0.1, 0.15) is 41.9 Å². The van der Waals surface area contributed by atoms with Gasteiger partial charge in [-0.1, -0.05) is 33.2 Å². The van der Waals surface area contributed by atoms with E-state index in [1.165, 1.54) is 0 Å². The summed E-state index contributed by atoms with van der Waals surface area (Å²) in [5.74, 6) is 0.556. The molecule has 9 nitrogen and oxygen atoms in total. The zero-order chi connectivity index (χ0) is 25.6. The smallest absolute Gasteiger partial charge is 0.253 e. The normalized spacial score (nSPS) is 20.0. The van der Waals surface area contributed by atoms with E-state index in [-0.39, 0.29) is 23.8 Å². The topological polar surface area (TPSA) is 110 Å². The van der Waals surface area contributed by atoms with Crippen LogP contribution in [0.5, 0.6) is 0 Å². The number of benzene rings is 2. The molecule has 2 amide bonds. The van der Waals surface area contributed by atoms with Gasteiger partial charge >= 0.3 is 0 Å². The van der Waals surface area contributed by atoms with Gasteiger partial charge in [0.2, 0.25) is 17.6 Å². The van der Waals surface area contributed by atoms with E-state index >= 15 is 0 Å². The second kappa shape index (κ2) is 12.0. The lowest BCUT2D eigenvalue weighted by Crippen LogP contribution is -2.40. The van der Waals surface area contributed by atoms with Crippen LogP contribution < -0.4 is 10.6 Å². The van der Waals surface area contributed by atoms with Crippen molar-refractivity contribution in [2.24, 2.45) is 5.92 Å². The maximum absolute atomic E-state index is 13.2. The number of halogens is 1. The Morgan fingerprint density at radius 2 is 1.92 bits per heavy atom. The number of piperidine rings is 1. The molecule has 2 unspecified atom stereocenters. The van der Waals surface area contributed by atoms with Gasteiger partial charge in [-0.25, -0.2) is 0 Å². The van der Waals surface area contributed by atoms with Gasteiger partial charge in [-0.2, -0.15) is 4.98 Å². The highest BCUT2D eigenvalue weighted by atomic mass is 79.9. The average Bonchev–Trinajstić information content (AvgIpc) is 3.61. The van der Waals surface area contributed by atoms with Crippen LogP contribution in [-0.4, -0.2) is 59.2 Å². The van der Waals surface area contributed by atoms with Crippen LogP contribution in [0.25, 0.3) is 11.4 Å². The molecule has 0 radical (unpaired) electrons. The molecule has 2 aliphatic rings. The highest BCUT2D eigenvalue weighted by Gasteiger charge is 2.28. The maximum Gasteiger partial charge on any atom is 0.253 e. The number of likely N-dealkylation sites (tertiary alicyclic amines) is 1. The van der Waals surface area contributed by atoms with Gasteiger partial charge in [-0.3, -0.25) is 14.5 Å². The Kier molecular flexibility index (Phi) is 8.28. The fraction of sp³-hybridized carbons (Fsp3) is 0.407. The van der Waals surface area contributed by atoms with Crippen molar-refractivity contribution in [2.45, 2.75) is 38.3 Å². The first-order valence-electron chi connectivity index (χ1n) is 12.7. The third-order valence-corrected chi connectivity index (χ3v) is 7.28. The summed E-state index contributed by atoms with van der Waals surface area (Å²) in [6.07, 6.45) is 3.69. The molecule has 2 fully saturated rings. The fourth-order valence-electron chi connectivity index (χ4n) is 4.77. The first-order valence-corrected chi connectivity index (χ1v) is 13.4. The van der Waals surface area contributed by atoms with Crippen molar-refractivity contribution in [3.63, 3.8) is 0 Å². The molecule has 0 bridgehead atoms. The Balaban J connectivity index is 1.17. The summed E-state index contributed by atoms with van der Waals surface area (Å²) in [5, 5.41) is 10.0. The Hall–Kier alpha value is -3.08. The summed E-state index contributed by atoms with van der Waals surface area (Å²) in [6, 6.07) is 14.8. The number of ether oxygens (including phenoxy) is 1. The van der Waals surface area contributed by atoms with E-state index in [1.54, 1.807) is 18.2 Å². The zero-order valence-electron chi connectivity index (χ0n) is 20.5. The number of carbonyl (C=O) groups excluding carboxylic acids is 2. The quantitative estimate of drug-likeness (QED) is 0.418. The summed E-state index contributed by atoms with van der Waals surface area (Å²) in [6.45, 7) is 3.12. The molecule has 2 aromatic carbocycles. The second-order valence-electron chi connectivity index (χ2n) is 9.47. The molecule has 0 spiro atoms.